The summed E-state index contributed by atoms with van der Waals surface area (Å²) in [5.41, 5.74) is 6.25. The lowest BCUT2D eigenvalue weighted by Crippen LogP contribution is -2.26. The molecule has 2 N–H and O–H groups in total. The van der Waals surface area contributed by atoms with E-state index in [-0.39, 0.29) is 35.1 Å². The van der Waals surface area contributed by atoms with Crippen LogP contribution in [0.15, 0.2) is 81.1 Å². The van der Waals surface area contributed by atoms with Crippen molar-refractivity contribution in [2.45, 2.75) is 29.6 Å². The Morgan fingerprint density at radius 1 is 1.32 bits per heavy atom. The lowest BCUT2D eigenvalue weighted by Gasteiger charge is -2.28. The van der Waals surface area contributed by atoms with Crippen LogP contribution in [0.4, 0.5) is 5.69 Å². The molecule has 2 aromatic rings. The number of carbonyl (C=O) groups is 1. The van der Waals surface area contributed by atoms with Crippen LogP contribution in [0.3, 0.4) is 0 Å². The Morgan fingerprint density at radius 3 is 2.65 bits per heavy atom. The first-order valence-corrected chi connectivity index (χ1v) is 10.2. The number of carbonyl (C=O) groups excluding carboxylic acids is 1. The van der Waals surface area contributed by atoms with Crippen LogP contribution >= 0.6 is 11.8 Å². The number of nitriles is 1. The highest BCUT2D eigenvalue weighted by atomic mass is 32.2. The van der Waals surface area contributed by atoms with Gasteiger partial charge in [-0.3, -0.25) is 10.1 Å². The van der Waals surface area contributed by atoms with E-state index in [4.69, 9.17) is 15.2 Å². The second kappa shape index (κ2) is 9.36. The number of rotatable bonds is 6. The zero-order valence-corrected chi connectivity index (χ0v) is 17.6. The second-order valence-electron chi connectivity index (χ2n) is 6.51. The maximum Gasteiger partial charge on any atom is 0.338 e. The van der Waals surface area contributed by atoms with Crippen LogP contribution in [0.1, 0.15) is 25.3 Å². The second-order valence-corrected chi connectivity index (χ2v) is 7.62. The average Bonchev–Trinajstić information content (AvgIpc) is 2.74. The average molecular weight is 437 g/mol. The minimum absolute atomic E-state index is 0.0101. The molecule has 0 amide bonds. The van der Waals surface area contributed by atoms with Gasteiger partial charge in [0.2, 0.25) is 5.88 Å². The van der Waals surface area contributed by atoms with E-state index >= 15 is 0 Å². The molecule has 0 aliphatic carbocycles. The van der Waals surface area contributed by atoms with Crippen molar-refractivity contribution in [3.05, 3.63) is 87.0 Å². The fraction of sp³-hybridized carbons (Fsp3) is 0.182. The van der Waals surface area contributed by atoms with Crippen molar-refractivity contribution in [2.24, 2.45) is 5.73 Å². The molecule has 1 aliphatic rings. The number of nitrogens with two attached hydrogens (primary N) is 1. The Morgan fingerprint density at radius 2 is 2.03 bits per heavy atom. The lowest BCUT2D eigenvalue weighted by atomic mass is 9.83. The molecule has 0 radical (unpaired) electrons. The minimum Gasteiger partial charge on any atom is -0.463 e. The number of benzene rings is 2. The van der Waals surface area contributed by atoms with Gasteiger partial charge in [0.15, 0.2) is 0 Å². The molecular formula is C22H19N3O5S. The van der Waals surface area contributed by atoms with Crippen LogP contribution in [-0.2, 0) is 14.3 Å². The van der Waals surface area contributed by atoms with E-state index in [0.29, 0.717) is 10.5 Å². The van der Waals surface area contributed by atoms with E-state index in [1.165, 1.54) is 23.9 Å². The third-order valence-electron chi connectivity index (χ3n) is 4.59. The number of nitro benzene ring substituents is 1. The zero-order chi connectivity index (χ0) is 22.5. The van der Waals surface area contributed by atoms with Gasteiger partial charge in [-0.25, -0.2) is 4.79 Å². The topological polar surface area (TPSA) is 128 Å². The summed E-state index contributed by atoms with van der Waals surface area (Å²) in [7, 11) is 0. The van der Waals surface area contributed by atoms with Gasteiger partial charge < -0.3 is 15.2 Å². The summed E-state index contributed by atoms with van der Waals surface area (Å²) in [6.45, 7) is 3.32. The van der Waals surface area contributed by atoms with Gasteiger partial charge in [0.05, 0.1) is 23.0 Å². The van der Waals surface area contributed by atoms with E-state index in [1.807, 2.05) is 36.4 Å². The fourth-order valence-corrected chi connectivity index (χ4v) is 4.23. The van der Waals surface area contributed by atoms with Crippen LogP contribution in [-0.4, -0.2) is 17.5 Å². The number of non-ortho nitro benzene ring substituents is 1. The van der Waals surface area contributed by atoms with Gasteiger partial charge in [0.25, 0.3) is 5.69 Å². The smallest absolute Gasteiger partial charge is 0.338 e. The van der Waals surface area contributed by atoms with Gasteiger partial charge in [0, 0.05) is 21.9 Å². The van der Waals surface area contributed by atoms with E-state index in [0.717, 1.165) is 4.90 Å². The Labute approximate surface area is 183 Å². The normalized spacial score (nSPS) is 15.8. The summed E-state index contributed by atoms with van der Waals surface area (Å²) < 4.78 is 10.6. The van der Waals surface area contributed by atoms with Gasteiger partial charge in [-0.15, -0.1) is 0 Å². The molecule has 8 nitrogen and oxygen atoms in total. The third kappa shape index (κ3) is 4.54. The van der Waals surface area contributed by atoms with Crippen molar-refractivity contribution in [3.8, 4) is 6.07 Å². The molecule has 1 heterocycles. The highest BCUT2D eigenvalue weighted by Crippen LogP contribution is 2.45. The highest BCUT2D eigenvalue weighted by Gasteiger charge is 2.38. The number of hydrogen-bond donors (Lipinski definition) is 1. The summed E-state index contributed by atoms with van der Waals surface area (Å²) >= 11 is 1.36. The van der Waals surface area contributed by atoms with Gasteiger partial charge in [-0.05, 0) is 37.6 Å². The third-order valence-corrected chi connectivity index (χ3v) is 5.69. The zero-order valence-electron chi connectivity index (χ0n) is 16.8. The van der Waals surface area contributed by atoms with Gasteiger partial charge in [0.1, 0.15) is 17.4 Å². The van der Waals surface area contributed by atoms with Crippen LogP contribution in [0.2, 0.25) is 0 Å². The molecule has 2 aromatic carbocycles. The van der Waals surface area contributed by atoms with E-state index in [9.17, 15) is 20.2 Å². The molecule has 0 saturated heterocycles. The molecule has 0 fully saturated rings. The molecule has 1 atom stereocenters. The molecule has 0 saturated carbocycles. The summed E-state index contributed by atoms with van der Waals surface area (Å²) in [5, 5.41) is 21.3. The predicted octanol–water partition coefficient (Wildman–Crippen LogP) is 4.39. The molecule has 0 spiro atoms. The molecule has 0 aromatic heterocycles. The van der Waals surface area contributed by atoms with Crippen LogP contribution < -0.4 is 5.73 Å². The molecular weight excluding hydrogens is 418 g/mol. The first-order valence-electron chi connectivity index (χ1n) is 9.34. The largest absolute Gasteiger partial charge is 0.463 e. The fourth-order valence-electron chi connectivity index (χ4n) is 3.25. The summed E-state index contributed by atoms with van der Waals surface area (Å²) in [5.74, 6) is -1.61. The molecule has 31 heavy (non-hydrogen) atoms. The molecule has 3 rings (SSSR count). The maximum absolute atomic E-state index is 12.8. The van der Waals surface area contributed by atoms with Gasteiger partial charge in [-0.2, -0.15) is 5.26 Å². The van der Waals surface area contributed by atoms with Crippen molar-refractivity contribution < 1.29 is 19.2 Å². The molecule has 1 unspecified atom stereocenters. The first kappa shape index (κ1) is 21.9. The minimum atomic E-state index is -0.969. The van der Waals surface area contributed by atoms with Crippen molar-refractivity contribution >= 4 is 23.4 Å². The van der Waals surface area contributed by atoms with Gasteiger partial charge in [-0.1, -0.05) is 30.0 Å². The predicted molar refractivity (Wildman–Crippen MR) is 114 cm³/mol. The van der Waals surface area contributed by atoms with Crippen molar-refractivity contribution in [2.75, 3.05) is 6.61 Å². The van der Waals surface area contributed by atoms with Crippen molar-refractivity contribution in [3.63, 3.8) is 0 Å². The summed E-state index contributed by atoms with van der Waals surface area (Å²) in [4.78, 5) is 25.2. The first-order chi connectivity index (χ1) is 14.9. The van der Waals surface area contributed by atoms with E-state index in [2.05, 4.69) is 0 Å². The quantitative estimate of drug-likeness (QED) is 0.400. The van der Waals surface area contributed by atoms with E-state index < -0.39 is 16.8 Å². The summed E-state index contributed by atoms with van der Waals surface area (Å²) in [6.07, 6.45) is 0. The maximum atomic E-state index is 12.8. The lowest BCUT2D eigenvalue weighted by molar-refractivity contribution is -0.385. The van der Waals surface area contributed by atoms with Crippen molar-refractivity contribution in [1.82, 2.24) is 0 Å². The standard InChI is InChI=1S/C22H19N3O5S/c1-3-29-22(26)19-13(2)30-21(24)17(12-23)20(19)16-11-14(25(27)28)9-10-18(16)31-15-7-5-4-6-8-15/h4-11,20H,3,24H2,1-2H3. The SMILES string of the molecule is CCOC(=O)C1=C(C)OC(N)=C(C#N)C1c1cc([N+](=O)[O-])ccc1Sc1ccccc1. The number of hydrogen-bond acceptors (Lipinski definition) is 8. The highest BCUT2D eigenvalue weighted by molar-refractivity contribution is 7.99. The number of nitro groups is 1. The number of allylic oxidation sites excluding steroid dienone is 2. The Bertz CT molecular complexity index is 1140. The molecule has 1 aliphatic heterocycles. The monoisotopic (exact) mass is 437 g/mol. The number of ether oxygens (including phenoxy) is 2. The summed E-state index contributed by atoms with van der Waals surface area (Å²) in [6, 6.07) is 15.7. The Hall–Kier alpha value is -3.77. The number of esters is 1. The van der Waals surface area contributed by atoms with Crippen LogP contribution in [0.5, 0.6) is 0 Å². The van der Waals surface area contributed by atoms with Crippen molar-refractivity contribution in [1.29, 1.82) is 5.26 Å². The van der Waals surface area contributed by atoms with Gasteiger partial charge >= 0.3 is 5.97 Å². The van der Waals surface area contributed by atoms with Crippen LogP contribution in [0.25, 0.3) is 0 Å². The molecule has 158 valence electrons. The van der Waals surface area contributed by atoms with E-state index in [1.54, 1.807) is 19.9 Å². The Kier molecular flexibility index (Phi) is 6.62. The van der Waals surface area contributed by atoms with Crippen LogP contribution in [0, 0.1) is 21.4 Å². The molecule has 0 bridgehead atoms. The number of nitrogens with zero attached hydrogens (tertiary/aromatic N) is 2. The Balaban J connectivity index is 2.25. The molecule has 9 heteroatoms.